The first-order valence-corrected chi connectivity index (χ1v) is 13.7. The second-order valence-corrected chi connectivity index (χ2v) is 11.9. The van der Waals surface area contributed by atoms with Crippen molar-refractivity contribution in [3.8, 4) is 22.3 Å². The fourth-order valence-electron chi connectivity index (χ4n) is 6.03. The number of rotatable bonds is 5. The standard InChI is InChI=1S/C34H36BNO2/c1-7-34(6)33(4,5)37-35(38-34)30-21-27-26-15-11-12-16-28(26)32(2,3)29(27)22-31(30)36-25-19-17-24(18-20-25)23-13-9-8-10-14-23/h8-22,36H,7H2,1-6H3. The van der Waals surface area contributed by atoms with Gasteiger partial charge >= 0.3 is 7.12 Å². The Balaban J connectivity index is 1.44. The predicted molar refractivity (Wildman–Crippen MR) is 159 cm³/mol. The SMILES string of the molecule is CCC1(C)OB(c2cc3c(cc2Nc2ccc(-c4ccccc4)cc2)C(C)(C)c2ccccc2-3)OC1(C)C. The first-order valence-electron chi connectivity index (χ1n) is 13.7. The first kappa shape index (κ1) is 25.0. The second-order valence-electron chi connectivity index (χ2n) is 11.9. The predicted octanol–water partition coefficient (Wildman–Crippen LogP) is 8.09. The van der Waals surface area contributed by atoms with Gasteiger partial charge in [0.05, 0.1) is 11.2 Å². The maximum atomic E-state index is 6.69. The Morgan fingerprint density at radius 3 is 2.03 bits per heavy atom. The summed E-state index contributed by atoms with van der Waals surface area (Å²) in [4.78, 5) is 0. The molecule has 192 valence electrons. The molecule has 6 rings (SSSR count). The van der Waals surface area contributed by atoms with Crippen LogP contribution in [0.2, 0.25) is 0 Å². The summed E-state index contributed by atoms with van der Waals surface area (Å²) >= 11 is 0. The normalized spacial score (nSPS) is 20.7. The van der Waals surface area contributed by atoms with Crippen LogP contribution >= 0.6 is 0 Å². The summed E-state index contributed by atoms with van der Waals surface area (Å²) in [7, 11) is -0.456. The van der Waals surface area contributed by atoms with Crippen LogP contribution in [0.25, 0.3) is 22.3 Å². The molecule has 2 aliphatic rings. The van der Waals surface area contributed by atoms with E-state index in [1.807, 2.05) is 6.07 Å². The molecule has 1 heterocycles. The van der Waals surface area contributed by atoms with E-state index >= 15 is 0 Å². The van der Waals surface area contributed by atoms with Gasteiger partial charge < -0.3 is 14.6 Å². The summed E-state index contributed by atoms with van der Waals surface area (Å²) in [6.07, 6.45) is 0.876. The van der Waals surface area contributed by atoms with E-state index in [0.717, 1.165) is 23.3 Å². The van der Waals surface area contributed by atoms with Gasteiger partial charge in [0.2, 0.25) is 0 Å². The highest BCUT2D eigenvalue weighted by Crippen LogP contribution is 2.49. The van der Waals surface area contributed by atoms with Crippen molar-refractivity contribution >= 4 is 24.0 Å². The van der Waals surface area contributed by atoms with Crippen LogP contribution in [-0.2, 0) is 14.7 Å². The number of benzene rings is 4. The molecule has 0 aromatic heterocycles. The Morgan fingerprint density at radius 1 is 0.684 bits per heavy atom. The lowest BCUT2D eigenvalue weighted by molar-refractivity contribution is -0.0118. The molecular weight excluding hydrogens is 465 g/mol. The van der Waals surface area contributed by atoms with Crippen LogP contribution in [0, 0.1) is 0 Å². The smallest absolute Gasteiger partial charge is 0.399 e. The van der Waals surface area contributed by atoms with Crippen LogP contribution in [0.4, 0.5) is 11.4 Å². The van der Waals surface area contributed by atoms with E-state index in [-0.39, 0.29) is 11.0 Å². The van der Waals surface area contributed by atoms with E-state index in [4.69, 9.17) is 9.31 Å². The molecule has 1 unspecified atom stereocenters. The van der Waals surface area contributed by atoms with Crippen LogP contribution in [0.3, 0.4) is 0 Å². The Kier molecular flexibility index (Phi) is 5.82. The zero-order valence-corrected chi connectivity index (χ0v) is 23.3. The average molecular weight is 501 g/mol. The molecule has 1 aliphatic carbocycles. The van der Waals surface area contributed by atoms with Gasteiger partial charge in [0.15, 0.2) is 0 Å². The Bertz CT molecular complexity index is 1490. The molecule has 4 heteroatoms. The zero-order valence-electron chi connectivity index (χ0n) is 23.3. The zero-order chi connectivity index (χ0) is 26.7. The van der Waals surface area contributed by atoms with Gasteiger partial charge in [0.1, 0.15) is 0 Å². The summed E-state index contributed by atoms with van der Waals surface area (Å²) < 4.78 is 13.3. The van der Waals surface area contributed by atoms with E-state index in [0.29, 0.717) is 0 Å². The molecule has 1 aliphatic heterocycles. The first-order chi connectivity index (χ1) is 18.1. The molecule has 0 spiro atoms. The van der Waals surface area contributed by atoms with Crippen molar-refractivity contribution in [2.24, 2.45) is 0 Å². The lowest BCUT2D eigenvalue weighted by atomic mass is 9.74. The summed E-state index contributed by atoms with van der Waals surface area (Å²) in [5.41, 5.74) is 9.88. The van der Waals surface area contributed by atoms with E-state index < -0.39 is 12.7 Å². The summed E-state index contributed by atoms with van der Waals surface area (Å²) in [5, 5.41) is 3.74. The molecule has 4 aromatic rings. The highest BCUT2D eigenvalue weighted by molar-refractivity contribution is 6.64. The Hall–Kier alpha value is -3.34. The quantitative estimate of drug-likeness (QED) is 0.280. The van der Waals surface area contributed by atoms with Gasteiger partial charge in [-0.1, -0.05) is 93.6 Å². The topological polar surface area (TPSA) is 30.5 Å². The van der Waals surface area contributed by atoms with Crippen molar-refractivity contribution in [3.05, 3.63) is 102 Å². The summed E-state index contributed by atoms with van der Waals surface area (Å²) in [6, 6.07) is 32.5. The van der Waals surface area contributed by atoms with E-state index in [9.17, 15) is 0 Å². The van der Waals surface area contributed by atoms with Crippen LogP contribution in [0.15, 0.2) is 91.0 Å². The summed E-state index contributed by atoms with van der Waals surface area (Å²) in [5.74, 6) is 0. The number of hydrogen-bond acceptors (Lipinski definition) is 3. The molecule has 1 fully saturated rings. The fourth-order valence-corrected chi connectivity index (χ4v) is 6.03. The molecule has 4 aromatic carbocycles. The molecule has 0 amide bonds. The molecule has 1 saturated heterocycles. The third kappa shape index (κ3) is 3.90. The molecule has 0 saturated carbocycles. The van der Waals surface area contributed by atoms with Gasteiger partial charge in [-0.25, -0.2) is 0 Å². The second kappa shape index (κ2) is 8.86. The van der Waals surface area contributed by atoms with Crippen LogP contribution in [0.1, 0.15) is 59.1 Å². The van der Waals surface area contributed by atoms with Gasteiger partial charge in [0, 0.05) is 22.3 Å². The number of nitrogens with one attached hydrogen (secondary N) is 1. The van der Waals surface area contributed by atoms with E-state index in [1.54, 1.807) is 0 Å². The molecule has 38 heavy (non-hydrogen) atoms. The number of anilines is 2. The van der Waals surface area contributed by atoms with E-state index in [2.05, 4.69) is 132 Å². The lowest BCUT2D eigenvalue weighted by Gasteiger charge is -2.35. The fraction of sp³-hybridized carbons (Fsp3) is 0.294. The van der Waals surface area contributed by atoms with Crippen molar-refractivity contribution in [1.82, 2.24) is 0 Å². The molecule has 0 bridgehead atoms. The molecule has 1 N–H and O–H groups in total. The van der Waals surface area contributed by atoms with Gasteiger partial charge in [0.25, 0.3) is 0 Å². The minimum Gasteiger partial charge on any atom is -0.399 e. The monoisotopic (exact) mass is 501 g/mol. The molecule has 3 nitrogen and oxygen atoms in total. The van der Waals surface area contributed by atoms with Crippen molar-refractivity contribution in [1.29, 1.82) is 0 Å². The van der Waals surface area contributed by atoms with Crippen LogP contribution in [0.5, 0.6) is 0 Å². The van der Waals surface area contributed by atoms with Gasteiger partial charge in [-0.15, -0.1) is 0 Å². The third-order valence-corrected chi connectivity index (χ3v) is 9.00. The highest BCUT2D eigenvalue weighted by Gasteiger charge is 2.54. The van der Waals surface area contributed by atoms with Crippen LogP contribution in [-0.4, -0.2) is 18.3 Å². The maximum Gasteiger partial charge on any atom is 0.497 e. The van der Waals surface area contributed by atoms with Crippen molar-refractivity contribution in [3.63, 3.8) is 0 Å². The van der Waals surface area contributed by atoms with Crippen LogP contribution < -0.4 is 10.8 Å². The molecular formula is C34H36BNO2. The van der Waals surface area contributed by atoms with Gasteiger partial charge in [-0.05, 0) is 78.8 Å². The van der Waals surface area contributed by atoms with Crippen molar-refractivity contribution in [2.75, 3.05) is 5.32 Å². The largest absolute Gasteiger partial charge is 0.497 e. The Labute approximate surface area is 227 Å². The average Bonchev–Trinajstić information content (AvgIpc) is 3.30. The Morgan fingerprint density at radius 2 is 1.34 bits per heavy atom. The highest BCUT2D eigenvalue weighted by atomic mass is 16.7. The summed E-state index contributed by atoms with van der Waals surface area (Å²) in [6.45, 7) is 13.2. The third-order valence-electron chi connectivity index (χ3n) is 9.00. The van der Waals surface area contributed by atoms with Gasteiger partial charge in [-0.2, -0.15) is 0 Å². The van der Waals surface area contributed by atoms with Gasteiger partial charge in [-0.3, -0.25) is 0 Å². The maximum absolute atomic E-state index is 6.69. The van der Waals surface area contributed by atoms with Crippen molar-refractivity contribution < 1.29 is 9.31 Å². The number of hydrogen-bond donors (Lipinski definition) is 1. The molecule has 0 radical (unpaired) electrons. The number of fused-ring (bicyclic) bond motifs is 3. The lowest BCUT2D eigenvalue weighted by Crippen LogP contribution is -2.44. The minimum absolute atomic E-state index is 0.0906. The van der Waals surface area contributed by atoms with Crippen molar-refractivity contribution in [2.45, 2.75) is 64.6 Å². The molecule has 1 atom stereocenters. The minimum atomic E-state index is -0.456. The van der Waals surface area contributed by atoms with E-state index in [1.165, 1.54) is 33.4 Å².